The van der Waals surface area contributed by atoms with E-state index in [9.17, 15) is 18.3 Å². The molecule has 21 heavy (non-hydrogen) atoms. The molecule has 1 aliphatic rings. The first-order valence-corrected chi connectivity index (χ1v) is 7.88. The fraction of sp³-hybridized carbons (Fsp3) is 0.385. The van der Waals surface area contributed by atoms with Gasteiger partial charge in [-0.25, -0.2) is 13.4 Å². The maximum absolute atomic E-state index is 12.4. The zero-order valence-corrected chi connectivity index (χ0v) is 12.3. The lowest BCUT2D eigenvalue weighted by molar-refractivity contribution is -0.145. The highest BCUT2D eigenvalue weighted by Gasteiger charge is 2.30. The number of fused-ring (bicyclic) bond motifs is 1. The number of aliphatic imine (C=N–C) groups is 1. The first-order chi connectivity index (χ1) is 9.95. The third kappa shape index (κ3) is 3.40. The number of rotatable bonds is 5. The van der Waals surface area contributed by atoms with Crippen molar-refractivity contribution < 1.29 is 23.1 Å². The molecule has 0 aliphatic carbocycles. The highest BCUT2D eigenvalue weighted by molar-refractivity contribution is 7.89. The monoisotopic (exact) mass is 312 g/mol. The normalized spacial score (nSPS) is 17.1. The van der Waals surface area contributed by atoms with Crippen LogP contribution in [0.25, 0.3) is 0 Å². The highest BCUT2D eigenvalue weighted by atomic mass is 32.2. The summed E-state index contributed by atoms with van der Waals surface area (Å²) in [5.41, 5.74) is 0.355. The summed E-state index contributed by atoms with van der Waals surface area (Å²) in [4.78, 5) is 15.4. The molecule has 2 rings (SSSR count). The molecule has 1 unspecified atom stereocenters. The molecule has 0 saturated heterocycles. The molecule has 1 atom stereocenters. The number of sulfonamides is 1. The molecule has 0 aromatic heterocycles. The molecular weight excluding hydrogens is 296 g/mol. The summed E-state index contributed by atoms with van der Waals surface area (Å²) in [5.74, 6) is -0.572. The van der Waals surface area contributed by atoms with Crippen molar-refractivity contribution >= 4 is 28.0 Å². The molecule has 0 saturated carbocycles. The van der Waals surface area contributed by atoms with E-state index in [4.69, 9.17) is 4.74 Å². The molecule has 0 bridgehead atoms. The number of aliphatic hydroxyl groups is 1. The van der Waals surface area contributed by atoms with Crippen LogP contribution in [0.1, 0.15) is 13.3 Å². The summed E-state index contributed by atoms with van der Waals surface area (Å²) < 4.78 is 30.4. The van der Waals surface area contributed by atoms with E-state index in [0.717, 1.165) is 10.6 Å². The van der Waals surface area contributed by atoms with Crippen LogP contribution in [-0.2, 0) is 19.6 Å². The summed E-state index contributed by atoms with van der Waals surface area (Å²) in [5, 5.41) is 9.81. The lowest BCUT2D eigenvalue weighted by atomic mass is 10.2. The predicted octanol–water partition coefficient (Wildman–Crippen LogP) is 0.665. The van der Waals surface area contributed by atoms with Crippen LogP contribution in [-0.4, -0.2) is 49.4 Å². The molecule has 114 valence electrons. The number of hydrogen-bond acceptors (Lipinski definition) is 6. The maximum atomic E-state index is 12.4. The molecule has 0 amide bonds. The number of carbonyl (C=O) groups is 1. The zero-order valence-electron chi connectivity index (χ0n) is 11.5. The van der Waals surface area contributed by atoms with Crippen molar-refractivity contribution in [2.45, 2.75) is 24.3 Å². The van der Waals surface area contributed by atoms with Crippen molar-refractivity contribution in [3.05, 3.63) is 24.3 Å². The van der Waals surface area contributed by atoms with Gasteiger partial charge in [-0.05, 0) is 19.1 Å². The topological polar surface area (TPSA) is 96.3 Å². The minimum absolute atomic E-state index is 0.0795. The van der Waals surface area contributed by atoms with Crippen LogP contribution in [0.4, 0.5) is 5.69 Å². The van der Waals surface area contributed by atoms with Crippen LogP contribution in [0.2, 0.25) is 0 Å². The van der Waals surface area contributed by atoms with E-state index in [-0.39, 0.29) is 24.5 Å². The Morgan fingerprint density at radius 2 is 2.14 bits per heavy atom. The van der Waals surface area contributed by atoms with Gasteiger partial charge in [-0.15, -0.1) is 0 Å². The van der Waals surface area contributed by atoms with Gasteiger partial charge in [0.25, 0.3) is 10.0 Å². The van der Waals surface area contributed by atoms with Gasteiger partial charge in [0, 0.05) is 0 Å². The molecule has 8 heteroatoms. The zero-order chi connectivity index (χ0) is 15.5. The molecule has 0 radical (unpaired) electrons. The standard InChI is InChI=1S/C13H16N2O5S/c1-2-20-13(17)7-10(16)8-15-9-14-11-5-3-4-6-12(11)21(15,18)19/h3-6,9-10,16H,2,7-8H2,1H3. The van der Waals surface area contributed by atoms with Crippen molar-refractivity contribution in [2.24, 2.45) is 4.99 Å². The van der Waals surface area contributed by atoms with Gasteiger partial charge >= 0.3 is 5.97 Å². The van der Waals surface area contributed by atoms with Gasteiger partial charge in [0.15, 0.2) is 0 Å². The van der Waals surface area contributed by atoms with Crippen molar-refractivity contribution in [1.29, 1.82) is 0 Å². The molecule has 0 spiro atoms. The fourth-order valence-corrected chi connectivity index (χ4v) is 3.35. The Bertz CT molecular complexity index is 656. The second kappa shape index (κ2) is 6.23. The number of nitrogens with zero attached hydrogens (tertiary/aromatic N) is 2. The SMILES string of the molecule is CCOC(=O)CC(O)CN1C=Nc2ccccc2S1(=O)=O. The molecule has 1 aliphatic heterocycles. The van der Waals surface area contributed by atoms with Crippen LogP contribution in [0.3, 0.4) is 0 Å². The van der Waals surface area contributed by atoms with Crippen LogP contribution < -0.4 is 0 Å². The van der Waals surface area contributed by atoms with E-state index in [1.807, 2.05) is 0 Å². The molecule has 1 aromatic rings. The van der Waals surface area contributed by atoms with Crippen LogP contribution in [0, 0.1) is 0 Å². The Morgan fingerprint density at radius 3 is 2.86 bits per heavy atom. The lowest BCUT2D eigenvalue weighted by Gasteiger charge is -2.25. The molecule has 0 fully saturated rings. The predicted molar refractivity (Wildman–Crippen MR) is 75.7 cm³/mol. The van der Waals surface area contributed by atoms with E-state index in [2.05, 4.69) is 4.99 Å². The fourth-order valence-electron chi connectivity index (χ4n) is 1.93. The summed E-state index contributed by atoms with van der Waals surface area (Å²) >= 11 is 0. The van der Waals surface area contributed by atoms with Crippen LogP contribution in [0.5, 0.6) is 0 Å². The molecule has 1 N–H and O–H groups in total. The number of ether oxygens (including phenoxy) is 1. The summed E-state index contributed by atoms with van der Waals surface area (Å²) in [6, 6.07) is 6.34. The quantitative estimate of drug-likeness (QED) is 0.806. The van der Waals surface area contributed by atoms with Gasteiger partial charge in [0.1, 0.15) is 11.2 Å². The molecule has 7 nitrogen and oxygen atoms in total. The highest BCUT2D eigenvalue weighted by Crippen LogP contribution is 2.29. The van der Waals surface area contributed by atoms with Gasteiger partial charge in [-0.2, -0.15) is 0 Å². The number of β-amino-alcohol motifs (C(OH)–C–C–N with tert-alkyl or cyclic N) is 1. The van der Waals surface area contributed by atoms with Gasteiger partial charge in [0.2, 0.25) is 0 Å². The van der Waals surface area contributed by atoms with Crippen molar-refractivity contribution in [3.8, 4) is 0 Å². The Morgan fingerprint density at radius 1 is 1.43 bits per heavy atom. The van der Waals surface area contributed by atoms with Gasteiger partial charge in [0.05, 0.1) is 31.4 Å². The van der Waals surface area contributed by atoms with Crippen molar-refractivity contribution in [3.63, 3.8) is 0 Å². The Hall–Kier alpha value is -1.93. The summed E-state index contributed by atoms with van der Waals surface area (Å²) in [7, 11) is -3.75. The Kier molecular flexibility index (Phi) is 4.59. The van der Waals surface area contributed by atoms with Crippen LogP contribution >= 0.6 is 0 Å². The second-order valence-corrected chi connectivity index (χ2v) is 6.31. The second-order valence-electron chi connectivity index (χ2n) is 4.45. The molecule has 1 heterocycles. The average molecular weight is 312 g/mol. The molecule has 1 aromatic carbocycles. The van der Waals surface area contributed by atoms with E-state index in [1.54, 1.807) is 25.1 Å². The average Bonchev–Trinajstić information content (AvgIpc) is 2.42. The van der Waals surface area contributed by atoms with Gasteiger partial charge in [-0.3, -0.25) is 9.10 Å². The third-order valence-electron chi connectivity index (χ3n) is 2.88. The number of para-hydroxylation sites is 1. The van der Waals surface area contributed by atoms with Crippen molar-refractivity contribution in [2.75, 3.05) is 13.2 Å². The first kappa shape index (κ1) is 15.5. The van der Waals surface area contributed by atoms with Crippen LogP contribution in [0.15, 0.2) is 34.2 Å². The van der Waals surface area contributed by atoms with E-state index in [1.165, 1.54) is 6.07 Å². The molecular formula is C13H16N2O5S. The van der Waals surface area contributed by atoms with E-state index < -0.39 is 22.1 Å². The summed E-state index contributed by atoms with van der Waals surface area (Å²) in [6.07, 6.45) is -0.281. The smallest absolute Gasteiger partial charge is 0.308 e. The van der Waals surface area contributed by atoms with E-state index in [0.29, 0.717) is 5.69 Å². The number of esters is 1. The van der Waals surface area contributed by atoms with Gasteiger partial charge in [-0.1, -0.05) is 12.1 Å². The number of carbonyl (C=O) groups excluding carboxylic acids is 1. The number of aliphatic hydroxyl groups excluding tert-OH is 1. The minimum Gasteiger partial charge on any atom is -0.466 e. The third-order valence-corrected chi connectivity index (χ3v) is 4.64. The Labute approximate surface area is 122 Å². The maximum Gasteiger partial charge on any atom is 0.308 e. The summed E-state index contributed by atoms with van der Waals surface area (Å²) in [6.45, 7) is 1.62. The van der Waals surface area contributed by atoms with E-state index >= 15 is 0 Å². The minimum atomic E-state index is -3.75. The Balaban J connectivity index is 2.11. The lowest BCUT2D eigenvalue weighted by Crippen LogP contribution is -2.38. The number of hydrogen-bond donors (Lipinski definition) is 1. The van der Waals surface area contributed by atoms with Crippen molar-refractivity contribution in [1.82, 2.24) is 4.31 Å². The first-order valence-electron chi connectivity index (χ1n) is 6.44. The largest absolute Gasteiger partial charge is 0.466 e. The number of benzene rings is 1. The van der Waals surface area contributed by atoms with Gasteiger partial charge < -0.3 is 9.84 Å².